The summed E-state index contributed by atoms with van der Waals surface area (Å²) in [5.74, 6) is -0.825. The van der Waals surface area contributed by atoms with Gasteiger partial charge in [0.1, 0.15) is 6.10 Å². The van der Waals surface area contributed by atoms with E-state index in [1.165, 1.54) is 0 Å². The van der Waals surface area contributed by atoms with Crippen molar-refractivity contribution in [3.8, 4) is 6.07 Å². The highest BCUT2D eigenvalue weighted by molar-refractivity contribution is 5.69. The SMILES string of the molecule is COC(=O)CC(O)C(O)c1cc(C#N)cc(C(F)(F)F)c1. The minimum atomic E-state index is -4.70. The van der Waals surface area contributed by atoms with Gasteiger partial charge in [-0.2, -0.15) is 18.4 Å². The fourth-order valence-electron chi connectivity index (χ4n) is 1.64. The monoisotopic (exact) mass is 303 g/mol. The molecule has 114 valence electrons. The first-order valence-electron chi connectivity index (χ1n) is 5.74. The molecule has 8 heteroatoms. The summed E-state index contributed by atoms with van der Waals surface area (Å²) in [6.07, 6.45) is -8.68. The molecule has 2 unspecified atom stereocenters. The molecule has 0 fully saturated rings. The molecule has 1 aromatic carbocycles. The topological polar surface area (TPSA) is 90.6 Å². The second kappa shape index (κ2) is 6.56. The van der Waals surface area contributed by atoms with Crippen LogP contribution in [0.15, 0.2) is 18.2 Å². The zero-order valence-corrected chi connectivity index (χ0v) is 10.9. The van der Waals surface area contributed by atoms with Crippen molar-refractivity contribution in [1.82, 2.24) is 0 Å². The Morgan fingerprint density at radius 2 is 2.00 bits per heavy atom. The number of nitrogens with zero attached hydrogens (tertiary/aromatic N) is 1. The molecular weight excluding hydrogens is 291 g/mol. The number of carbonyl (C=O) groups is 1. The van der Waals surface area contributed by atoms with Crippen molar-refractivity contribution in [3.05, 3.63) is 34.9 Å². The number of rotatable bonds is 4. The zero-order chi connectivity index (χ0) is 16.2. The van der Waals surface area contributed by atoms with Crippen LogP contribution >= 0.6 is 0 Å². The Morgan fingerprint density at radius 3 is 2.48 bits per heavy atom. The molecule has 0 amide bonds. The number of esters is 1. The Labute approximate surface area is 118 Å². The van der Waals surface area contributed by atoms with Gasteiger partial charge in [-0.05, 0) is 23.8 Å². The van der Waals surface area contributed by atoms with E-state index in [0.717, 1.165) is 13.2 Å². The van der Waals surface area contributed by atoms with E-state index in [-0.39, 0.29) is 11.1 Å². The summed E-state index contributed by atoms with van der Waals surface area (Å²) in [5.41, 5.74) is -1.75. The van der Waals surface area contributed by atoms with Crippen molar-refractivity contribution in [2.75, 3.05) is 7.11 Å². The highest BCUT2D eigenvalue weighted by atomic mass is 19.4. The van der Waals surface area contributed by atoms with E-state index in [0.29, 0.717) is 12.1 Å². The Bertz CT molecular complexity index is 566. The highest BCUT2D eigenvalue weighted by Crippen LogP contribution is 2.32. The number of halogens is 3. The summed E-state index contributed by atoms with van der Waals surface area (Å²) in [5, 5.41) is 28.1. The zero-order valence-electron chi connectivity index (χ0n) is 10.9. The van der Waals surface area contributed by atoms with Gasteiger partial charge in [0.25, 0.3) is 0 Å². The van der Waals surface area contributed by atoms with E-state index in [4.69, 9.17) is 5.26 Å². The number of hydrogen-bond acceptors (Lipinski definition) is 5. The molecule has 0 saturated heterocycles. The molecule has 0 aliphatic heterocycles. The molecule has 1 rings (SSSR count). The summed E-state index contributed by atoms with van der Waals surface area (Å²) in [4.78, 5) is 11.0. The molecule has 1 aromatic rings. The van der Waals surface area contributed by atoms with E-state index in [9.17, 15) is 28.2 Å². The maximum Gasteiger partial charge on any atom is 0.416 e. The Kier molecular flexibility index (Phi) is 5.29. The van der Waals surface area contributed by atoms with Gasteiger partial charge < -0.3 is 14.9 Å². The molecule has 0 aliphatic rings. The summed E-state index contributed by atoms with van der Waals surface area (Å²) in [6, 6.07) is 3.80. The molecule has 21 heavy (non-hydrogen) atoms. The van der Waals surface area contributed by atoms with Gasteiger partial charge in [-0.3, -0.25) is 4.79 Å². The lowest BCUT2D eigenvalue weighted by Crippen LogP contribution is -2.23. The summed E-state index contributed by atoms with van der Waals surface area (Å²) in [6.45, 7) is 0. The van der Waals surface area contributed by atoms with Gasteiger partial charge in [0.2, 0.25) is 0 Å². The number of aliphatic hydroxyl groups excluding tert-OH is 2. The molecule has 2 atom stereocenters. The van der Waals surface area contributed by atoms with Crippen LogP contribution in [-0.4, -0.2) is 29.4 Å². The lowest BCUT2D eigenvalue weighted by Gasteiger charge is -2.18. The van der Waals surface area contributed by atoms with Crippen LogP contribution in [0.2, 0.25) is 0 Å². The third kappa shape index (κ3) is 4.44. The second-order valence-electron chi connectivity index (χ2n) is 4.25. The van der Waals surface area contributed by atoms with Crippen molar-refractivity contribution < 1.29 is 32.9 Å². The van der Waals surface area contributed by atoms with E-state index >= 15 is 0 Å². The van der Waals surface area contributed by atoms with Crippen LogP contribution in [-0.2, 0) is 15.7 Å². The number of benzene rings is 1. The first-order valence-corrected chi connectivity index (χ1v) is 5.74. The van der Waals surface area contributed by atoms with Gasteiger partial charge in [-0.1, -0.05) is 0 Å². The van der Waals surface area contributed by atoms with Crippen LogP contribution in [0.3, 0.4) is 0 Å². The second-order valence-corrected chi connectivity index (χ2v) is 4.25. The smallest absolute Gasteiger partial charge is 0.416 e. The molecule has 0 aromatic heterocycles. The standard InChI is InChI=1S/C13H12F3NO4/c1-21-11(19)5-10(18)12(20)8-2-7(6-17)3-9(4-8)13(14,15)16/h2-4,10,12,18,20H,5H2,1H3. The average molecular weight is 303 g/mol. The lowest BCUT2D eigenvalue weighted by atomic mass is 9.97. The van der Waals surface area contributed by atoms with Gasteiger partial charge in [-0.15, -0.1) is 0 Å². The Hall–Kier alpha value is -2.11. The predicted octanol–water partition coefficient (Wildman–Crippen LogP) is 1.53. The average Bonchev–Trinajstić information content (AvgIpc) is 2.44. The number of methoxy groups -OCH3 is 1. The number of aliphatic hydroxyl groups is 2. The van der Waals surface area contributed by atoms with Crippen LogP contribution in [0.5, 0.6) is 0 Å². The molecule has 0 bridgehead atoms. The van der Waals surface area contributed by atoms with E-state index < -0.39 is 36.3 Å². The van der Waals surface area contributed by atoms with Crippen molar-refractivity contribution in [3.63, 3.8) is 0 Å². The van der Waals surface area contributed by atoms with Crippen molar-refractivity contribution in [2.24, 2.45) is 0 Å². The van der Waals surface area contributed by atoms with Crippen LogP contribution in [0.25, 0.3) is 0 Å². The maximum atomic E-state index is 12.7. The van der Waals surface area contributed by atoms with Gasteiger partial charge >= 0.3 is 12.1 Å². The van der Waals surface area contributed by atoms with E-state index in [2.05, 4.69) is 4.74 Å². The molecule has 0 aliphatic carbocycles. The molecule has 5 nitrogen and oxygen atoms in total. The normalized spacial score (nSPS) is 14.1. The van der Waals surface area contributed by atoms with Crippen LogP contribution in [0.1, 0.15) is 29.2 Å². The van der Waals surface area contributed by atoms with Crippen molar-refractivity contribution in [1.29, 1.82) is 5.26 Å². The summed E-state index contributed by atoms with van der Waals surface area (Å²) < 4.78 is 42.3. The van der Waals surface area contributed by atoms with Gasteiger partial charge in [0.15, 0.2) is 0 Å². The molecule has 0 heterocycles. The van der Waals surface area contributed by atoms with Gasteiger partial charge in [0.05, 0.1) is 36.8 Å². The summed E-state index contributed by atoms with van der Waals surface area (Å²) in [7, 11) is 1.07. The predicted molar refractivity (Wildman–Crippen MR) is 63.8 cm³/mol. The molecule has 2 N–H and O–H groups in total. The molecule has 0 spiro atoms. The quantitative estimate of drug-likeness (QED) is 0.823. The third-order valence-electron chi connectivity index (χ3n) is 2.72. The lowest BCUT2D eigenvalue weighted by molar-refractivity contribution is -0.145. The maximum absolute atomic E-state index is 12.7. The first kappa shape index (κ1) is 16.9. The van der Waals surface area contributed by atoms with Crippen LogP contribution < -0.4 is 0 Å². The Balaban J connectivity index is 3.12. The first-order chi connectivity index (χ1) is 9.68. The molecular formula is C13H12F3NO4. The van der Waals surface area contributed by atoms with Crippen LogP contribution in [0.4, 0.5) is 13.2 Å². The van der Waals surface area contributed by atoms with Crippen LogP contribution in [0, 0.1) is 11.3 Å². The number of hydrogen-bond donors (Lipinski definition) is 2. The van der Waals surface area contributed by atoms with Crippen molar-refractivity contribution >= 4 is 5.97 Å². The number of alkyl halides is 3. The molecule has 0 radical (unpaired) electrons. The fraction of sp³-hybridized carbons (Fsp3) is 0.385. The minimum Gasteiger partial charge on any atom is -0.469 e. The number of carbonyl (C=O) groups excluding carboxylic acids is 1. The Morgan fingerprint density at radius 1 is 1.38 bits per heavy atom. The number of ether oxygens (including phenoxy) is 1. The van der Waals surface area contributed by atoms with E-state index in [1.807, 2.05) is 0 Å². The third-order valence-corrected chi connectivity index (χ3v) is 2.72. The fourth-order valence-corrected chi connectivity index (χ4v) is 1.64. The van der Waals surface area contributed by atoms with Gasteiger partial charge in [-0.25, -0.2) is 0 Å². The number of nitriles is 1. The highest BCUT2D eigenvalue weighted by Gasteiger charge is 2.32. The van der Waals surface area contributed by atoms with Gasteiger partial charge in [0, 0.05) is 0 Å². The molecule has 0 saturated carbocycles. The largest absolute Gasteiger partial charge is 0.469 e. The minimum absolute atomic E-state index is 0.308. The summed E-state index contributed by atoms with van der Waals surface area (Å²) >= 11 is 0. The van der Waals surface area contributed by atoms with Crippen molar-refractivity contribution in [2.45, 2.75) is 24.8 Å². The van der Waals surface area contributed by atoms with E-state index in [1.54, 1.807) is 6.07 Å².